The number of esters is 1. The highest BCUT2D eigenvalue weighted by Crippen LogP contribution is 2.25. The summed E-state index contributed by atoms with van der Waals surface area (Å²) in [4.78, 5) is 24.5. The van der Waals surface area contributed by atoms with Crippen LogP contribution in [0, 0.1) is 5.92 Å². The fourth-order valence-electron chi connectivity index (χ4n) is 2.41. The van der Waals surface area contributed by atoms with Crippen molar-refractivity contribution in [3.8, 4) is 5.75 Å². The maximum Gasteiger partial charge on any atom is 0.340 e. The molecule has 0 saturated carbocycles. The predicted molar refractivity (Wildman–Crippen MR) is 103 cm³/mol. The summed E-state index contributed by atoms with van der Waals surface area (Å²) < 4.78 is 9.88. The first-order valence-electron chi connectivity index (χ1n) is 7.85. The van der Waals surface area contributed by atoms with Gasteiger partial charge in [0.15, 0.2) is 0 Å². The van der Waals surface area contributed by atoms with Gasteiger partial charge in [-0.15, -0.1) is 12.4 Å². The number of benzene rings is 2. The molecule has 2 rings (SSSR count). The Bertz CT molecular complexity index is 752. The molecular formula is C19H23ClN2O4. The van der Waals surface area contributed by atoms with E-state index in [2.05, 4.69) is 5.32 Å². The lowest BCUT2D eigenvalue weighted by Gasteiger charge is -2.20. The van der Waals surface area contributed by atoms with Crippen LogP contribution in [0.2, 0.25) is 0 Å². The van der Waals surface area contributed by atoms with E-state index >= 15 is 0 Å². The molecule has 0 fully saturated rings. The van der Waals surface area contributed by atoms with Gasteiger partial charge in [0.05, 0.1) is 31.4 Å². The molecule has 140 valence electrons. The molecule has 0 aliphatic heterocycles. The minimum Gasteiger partial charge on any atom is -0.497 e. The van der Waals surface area contributed by atoms with Crippen LogP contribution >= 0.6 is 12.4 Å². The summed E-state index contributed by atoms with van der Waals surface area (Å²) in [5, 5.41) is 2.75. The molecule has 0 heterocycles. The van der Waals surface area contributed by atoms with Crippen molar-refractivity contribution in [1.29, 1.82) is 0 Å². The second kappa shape index (κ2) is 9.79. The first kappa shape index (κ1) is 21.5. The van der Waals surface area contributed by atoms with Gasteiger partial charge in [-0.2, -0.15) is 0 Å². The van der Waals surface area contributed by atoms with Crippen LogP contribution in [0.1, 0.15) is 28.9 Å². The molecule has 2 atom stereocenters. The Hall–Kier alpha value is -2.57. The molecule has 0 spiro atoms. The Morgan fingerprint density at radius 1 is 1.08 bits per heavy atom. The molecule has 1 amide bonds. The van der Waals surface area contributed by atoms with Gasteiger partial charge in [0.25, 0.3) is 0 Å². The van der Waals surface area contributed by atoms with E-state index in [1.54, 1.807) is 19.1 Å². The van der Waals surface area contributed by atoms with Crippen molar-refractivity contribution < 1.29 is 19.1 Å². The number of amides is 1. The Morgan fingerprint density at radius 3 is 2.31 bits per heavy atom. The number of hydrogen-bond acceptors (Lipinski definition) is 5. The van der Waals surface area contributed by atoms with Crippen molar-refractivity contribution in [2.75, 3.05) is 19.5 Å². The minimum absolute atomic E-state index is 0. The van der Waals surface area contributed by atoms with Crippen LogP contribution in [0.3, 0.4) is 0 Å². The van der Waals surface area contributed by atoms with Gasteiger partial charge in [-0.1, -0.05) is 37.3 Å². The largest absolute Gasteiger partial charge is 0.497 e. The molecule has 7 heteroatoms. The van der Waals surface area contributed by atoms with E-state index in [-0.39, 0.29) is 23.9 Å². The van der Waals surface area contributed by atoms with Crippen LogP contribution < -0.4 is 15.8 Å². The first-order valence-corrected chi connectivity index (χ1v) is 7.85. The molecule has 0 bridgehead atoms. The number of halogens is 1. The summed E-state index contributed by atoms with van der Waals surface area (Å²) in [6, 6.07) is 13.7. The minimum atomic E-state index is -0.561. The summed E-state index contributed by atoms with van der Waals surface area (Å²) in [7, 11) is 2.77. The quantitative estimate of drug-likeness (QED) is 0.753. The molecule has 0 radical (unpaired) electrons. The van der Waals surface area contributed by atoms with Gasteiger partial charge in [-0.25, -0.2) is 4.79 Å². The number of nitrogens with two attached hydrogens (primary N) is 1. The Balaban J connectivity index is 0.00000338. The van der Waals surface area contributed by atoms with Crippen molar-refractivity contribution in [2.45, 2.75) is 13.0 Å². The highest BCUT2D eigenvalue weighted by Gasteiger charge is 2.24. The second-order valence-electron chi connectivity index (χ2n) is 5.62. The number of anilines is 1. The van der Waals surface area contributed by atoms with Crippen molar-refractivity contribution in [3.63, 3.8) is 0 Å². The summed E-state index contributed by atoms with van der Waals surface area (Å²) in [5.41, 5.74) is 7.63. The third kappa shape index (κ3) is 4.97. The molecule has 2 unspecified atom stereocenters. The molecule has 0 aromatic heterocycles. The summed E-state index contributed by atoms with van der Waals surface area (Å²) >= 11 is 0. The Morgan fingerprint density at radius 2 is 1.73 bits per heavy atom. The van der Waals surface area contributed by atoms with E-state index in [1.165, 1.54) is 20.3 Å². The molecule has 0 aliphatic rings. The fourth-order valence-corrected chi connectivity index (χ4v) is 2.41. The van der Waals surface area contributed by atoms with Crippen molar-refractivity contribution in [2.24, 2.45) is 11.7 Å². The highest BCUT2D eigenvalue weighted by atomic mass is 35.5. The van der Waals surface area contributed by atoms with Crippen molar-refractivity contribution in [3.05, 3.63) is 59.7 Å². The molecule has 3 N–H and O–H groups in total. The Kier molecular flexibility index (Phi) is 8.09. The summed E-state index contributed by atoms with van der Waals surface area (Å²) in [6.45, 7) is 1.74. The maximum absolute atomic E-state index is 12.6. The number of nitrogens with one attached hydrogen (secondary N) is 1. The number of methoxy groups -OCH3 is 2. The van der Waals surface area contributed by atoms with Gasteiger partial charge in [0, 0.05) is 6.04 Å². The standard InChI is InChI=1S/C19H22N2O4.ClH/c1-12(17(20)13-7-5-4-6-8-13)18(22)21-16-10-9-14(24-2)11-15(16)19(23)25-3;/h4-12,17H,20H2,1-3H3,(H,21,22);1H. The number of ether oxygens (including phenoxy) is 2. The van der Waals surface area contributed by atoms with E-state index in [0.717, 1.165) is 5.56 Å². The molecular weight excluding hydrogens is 356 g/mol. The molecule has 6 nitrogen and oxygen atoms in total. The third-order valence-electron chi connectivity index (χ3n) is 4.03. The lowest BCUT2D eigenvalue weighted by atomic mass is 9.94. The smallest absolute Gasteiger partial charge is 0.340 e. The van der Waals surface area contributed by atoms with Crippen LogP contribution in [0.15, 0.2) is 48.5 Å². The third-order valence-corrected chi connectivity index (χ3v) is 4.03. The predicted octanol–water partition coefficient (Wildman–Crippen LogP) is 3.18. The van der Waals surface area contributed by atoms with Crippen LogP contribution in [0.25, 0.3) is 0 Å². The number of carbonyl (C=O) groups excluding carboxylic acids is 2. The fraction of sp³-hybridized carbons (Fsp3) is 0.263. The Labute approximate surface area is 159 Å². The van der Waals surface area contributed by atoms with E-state index < -0.39 is 17.9 Å². The lowest BCUT2D eigenvalue weighted by Crippen LogP contribution is -2.31. The molecule has 2 aromatic carbocycles. The van der Waals surface area contributed by atoms with Crippen LogP contribution in [-0.4, -0.2) is 26.1 Å². The molecule has 2 aromatic rings. The van der Waals surface area contributed by atoms with Gasteiger partial charge in [-0.05, 0) is 23.8 Å². The van der Waals surface area contributed by atoms with Gasteiger partial charge < -0.3 is 20.5 Å². The van der Waals surface area contributed by atoms with Crippen molar-refractivity contribution >= 4 is 30.0 Å². The monoisotopic (exact) mass is 378 g/mol. The number of hydrogen-bond donors (Lipinski definition) is 2. The first-order chi connectivity index (χ1) is 12.0. The molecule has 0 aliphatic carbocycles. The summed E-state index contributed by atoms with van der Waals surface area (Å²) in [5.74, 6) is -0.844. The van der Waals surface area contributed by atoms with E-state index in [1.807, 2.05) is 30.3 Å². The van der Waals surface area contributed by atoms with Crippen LogP contribution in [0.4, 0.5) is 5.69 Å². The summed E-state index contributed by atoms with van der Waals surface area (Å²) in [6.07, 6.45) is 0. The number of carbonyl (C=O) groups is 2. The normalized spacial score (nSPS) is 12.3. The lowest BCUT2D eigenvalue weighted by molar-refractivity contribution is -0.120. The average molecular weight is 379 g/mol. The molecule has 0 saturated heterocycles. The topological polar surface area (TPSA) is 90.6 Å². The average Bonchev–Trinajstić information content (AvgIpc) is 2.67. The second-order valence-corrected chi connectivity index (χ2v) is 5.62. The van der Waals surface area contributed by atoms with Crippen molar-refractivity contribution in [1.82, 2.24) is 0 Å². The SMILES string of the molecule is COC(=O)c1cc(OC)ccc1NC(=O)C(C)C(N)c1ccccc1.Cl. The maximum atomic E-state index is 12.6. The van der Waals surface area contributed by atoms with Crippen LogP contribution in [0.5, 0.6) is 5.75 Å². The zero-order valence-electron chi connectivity index (χ0n) is 14.9. The van der Waals surface area contributed by atoms with Gasteiger partial charge in [0.2, 0.25) is 5.91 Å². The number of rotatable bonds is 6. The zero-order valence-corrected chi connectivity index (χ0v) is 15.7. The van der Waals surface area contributed by atoms with Gasteiger partial charge >= 0.3 is 5.97 Å². The van der Waals surface area contributed by atoms with E-state index in [4.69, 9.17) is 15.2 Å². The zero-order chi connectivity index (χ0) is 18.4. The van der Waals surface area contributed by atoms with Gasteiger partial charge in [0.1, 0.15) is 5.75 Å². The van der Waals surface area contributed by atoms with E-state index in [9.17, 15) is 9.59 Å². The van der Waals surface area contributed by atoms with Crippen LogP contribution in [-0.2, 0) is 9.53 Å². The molecule has 26 heavy (non-hydrogen) atoms. The van der Waals surface area contributed by atoms with Gasteiger partial charge in [-0.3, -0.25) is 4.79 Å². The van der Waals surface area contributed by atoms with E-state index in [0.29, 0.717) is 11.4 Å². The highest BCUT2D eigenvalue weighted by molar-refractivity contribution is 6.02.